The van der Waals surface area contributed by atoms with Crippen LogP contribution in [-0.2, 0) is 0 Å². The van der Waals surface area contributed by atoms with Gasteiger partial charge in [-0.3, -0.25) is 4.90 Å². The molecule has 0 bridgehead atoms. The molecule has 0 aromatic heterocycles. The number of hydrogen-bond donors (Lipinski definition) is 1. The van der Waals surface area contributed by atoms with Gasteiger partial charge < -0.3 is 5.32 Å². The fraction of sp³-hybridized carbons (Fsp3) is 1.00. The second-order valence-electron chi connectivity index (χ2n) is 6.66. The maximum absolute atomic E-state index is 3.78. The van der Waals surface area contributed by atoms with E-state index in [0.717, 1.165) is 24.5 Å². The molecule has 112 valence electrons. The van der Waals surface area contributed by atoms with Gasteiger partial charge in [0.15, 0.2) is 0 Å². The number of likely N-dealkylation sites (tertiary alicyclic amines) is 1. The first-order chi connectivity index (χ1) is 9.35. The Bertz CT molecular complexity index is 241. The summed E-state index contributed by atoms with van der Waals surface area (Å²) in [6.45, 7) is 8.46. The Morgan fingerprint density at radius 3 is 2.53 bits per heavy atom. The first kappa shape index (κ1) is 15.3. The maximum Gasteiger partial charge on any atom is 0.0249 e. The highest BCUT2D eigenvalue weighted by Gasteiger charge is 2.32. The predicted octanol–water partition coefficient (Wildman–Crippen LogP) is 3.81. The van der Waals surface area contributed by atoms with Gasteiger partial charge in [-0.25, -0.2) is 0 Å². The van der Waals surface area contributed by atoms with E-state index in [2.05, 4.69) is 24.1 Å². The van der Waals surface area contributed by atoms with E-state index < -0.39 is 0 Å². The minimum absolute atomic E-state index is 0.755. The van der Waals surface area contributed by atoms with Crippen molar-refractivity contribution in [3.05, 3.63) is 0 Å². The molecule has 3 unspecified atom stereocenters. The summed E-state index contributed by atoms with van der Waals surface area (Å²) in [5.74, 6) is 0.984. The molecule has 2 rings (SSSR count). The molecule has 2 fully saturated rings. The third-order valence-corrected chi connectivity index (χ3v) is 5.18. The molecule has 1 N–H and O–H groups in total. The second kappa shape index (κ2) is 8.26. The average Bonchev–Trinajstić information content (AvgIpc) is 2.82. The van der Waals surface area contributed by atoms with Crippen LogP contribution in [0.2, 0.25) is 0 Å². The summed E-state index contributed by atoms with van der Waals surface area (Å²) in [6.07, 6.45) is 12.9. The summed E-state index contributed by atoms with van der Waals surface area (Å²) in [5.41, 5.74) is 0. The highest BCUT2D eigenvalue weighted by molar-refractivity contribution is 4.89. The maximum atomic E-state index is 3.78. The van der Waals surface area contributed by atoms with Crippen LogP contribution in [0.25, 0.3) is 0 Å². The van der Waals surface area contributed by atoms with Crippen molar-refractivity contribution in [1.29, 1.82) is 0 Å². The van der Waals surface area contributed by atoms with Crippen molar-refractivity contribution in [2.24, 2.45) is 5.92 Å². The molecule has 1 saturated heterocycles. The number of hydrogen-bond acceptors (Lipinski definition) is 2. The van der Waals surface area contributed by atoms with Crippen LogP contribution < -0.4 is 5.32 Å². The standard InChI is InChI=1S/C17H34N2/c1-3-9-15-12-13-19(14-15)17-11-8-6-5-7-10-16(17)18-4-2/h15-18H,3-14H2,1-2H3. The van der Waals surface area contributed by atoms with E-state index in [1.807, 2.05) is 0 Å². The van der Waals surface area contributed by atoms with Gasteiger partial charge in [-0.15, -0.1) is 0 Å². The minimum atomic E-state index is 0.755. The molecule has 0 amide bonds. The van der Waals surface area contributed by atoms with Crippen LogP contribution in [0.4, 0.5) is 0 Å². The Morgan fingerprint density at radius 2 is 1.79 bits per heavy atom. The molecule has 0 aromatic rings. The van der Waals surface area contributed by atoms with Gasteiger partial charge in [0.25, 0.3) is 0 Å². The third kappa shape index (κ3) is 4.46. The number of likely N-dealkylation sites (N-methyl/N-ethyl adjacent to an activating group) is 1. The number of nitrogens with one attached hydrogen (secondary N) is 1. The predicted molar refractivity (Wildman–Crippen MR) is 83.5 cm³/mol. The zero-order valence-electron chi connectivity index (χ0n) is 13.2. The Kier molecular flexibility index (Phi) is 6.66. The quantitative estimate of drug-likeness (QED) is 0.814. The van der Waals surface area contributed by atoms with Crippen LogP contribution in [0.15, 0.2) is 0 Å². The fourth-order valence-electron chi connectivity index (χ4n) is 4.21. The molecule has 1 heterocycles. The number of rotatable bonds is 5. The summed E-state index contributed by atoms with van der Waals surface area (Å²) in [4.78, 5) is 2.83. The average molecular weight is 266 g/mol. The van der Waals surface area contributed by atoms with Gasteiger partial charge in [0.2, 0.25) is 0 Å². The van der Waals surface area contributed by atoms with Crippen molar-refractivity contribution in [2.45, 2.75) is 83.7 Å². The SMILES string of the molecule is CCCC1CCN(C2CCCCCCC2NCC)C1. The van der Waals surface area contributed by atoms with Gasteiger partial charge in [0.1, 0.15) is 0 Å². The molecular formula is C17H34N2. The monoisotopic (exact) mass is 266 g/mol. The van der Waals surface area contributed by atoms with Gasteiger partial charge >= 0.3 is 0 Å². The zero-order chi connectivity index (χ0) is 13.5. The lowest BCUT2D eigenvalue weighted by Gasteiger charge is -2.37. The molecule has 0 aromatic carbocycles. The molecule has 2 nitrogen and oxygen atoms in total. The van der Waals surface area contributed by atoms with Crippen LogP contribution in [0.3, 0.4) is 0 Å². The Balaban J connectivity index is 1.92. The molecule has 2 heteroatoms. The van der Waals surface area contributed by atoms with E-state index in [4.69, 9.17) is 0 Å². The van der Waals surface area contributed by atoms with Crippen LogP contribution in [0, 0.1) is 5.92 Å². The second-order valence-corrected chi connectivity index (χ2v) is 6.66. The lowest BCUT2D eigenvalue weighted by molar-refractivity contribution is 0.157. The van der Waals surface area contributed by atoms with Gasteiger partial charge in [-0.1, -0.05) is 46.0 Å². The Labute approximate surface area is 120 Å². The summed E-state index contributed by atoms with van der Waals surface area (Å²) >= 11 is 0. The van der Waals surface area contributed by atoms with Crippen molar-refractivity contribution in [2.75, 3.05) is 19.6 Å². The van der Waals surface area contributed by atoms with E-state index in [1.54, 1.807) is 0 Å². The van der Waals surface area contributed by atoms with Crippen molar-refractivity contribution >= 4 is 0 Å². The van der Waals surface area contributed by atoms with Crippen molar-refractivity contribution in [3.8, 4) is 0 Å². The van der Waals surface area contributed by atoms with Crippen molar-refractivity contribution < 1.29 is 0 Å². The Hall–Kier alpha value is -0.0800. The van der Waals surface area contributed by atoms with Crippen LogP contribution in [0.1, 0.15) is 71.6 Å². The zero-order valence-corrected chi connectivity index (χ0v) is 13.2. The van der Waals surface area contributed by atoms with Crippen molar-refractivity contribution in [1.82, 2.24) is 10.2 Å². The molecule has 19 heavy (non-hydrogen) atoms. The lowest BCUT2D eigenvalue weighted by Crippen LogP contribution is -2.49. The summed E-state index contributed by atoms with van der Waals surface area (Å²) in [7, 11) is 0. The van der Waals surface area contributed by atoms with E-state index in [-0.39, 0.29) is 0 Å². The summed E-state index contributed by atoms with van der Waals surface area (Å²) in [6, 6.07) is 1.58. The third-order valence-electron chi connectivity index (χ3n) is 5.18. The molecule has 0 radical (unpaired) electrons. The van der Waals surface area contributed by atoms with Crippen LogP contribution in [-0.4, -0.2) is 36.6 Å². The summed E-state index contributed by atoms with van der Waals surface area (Å²) < 4.78 is 0. The largest absolute Gasteiger partial charge is 0.313 e. The molecule has 3 atom stereocenters. The highest BCUT2D eigenvalue weighted by Crippen LogP contribution is 2.28. The normalized spacial score (nSPS) is 34.1. The molecule has 1 aliphatic carbocycles. The first-order valence-electron chi connectivity index (χ1n) is 8.82. The van der Waals surface area contributed by atoms with Gasteiger partial charge in [-0.05, 0) is 44.7 Å². The summed E-state index contributed by atoms with van der Waals surface area (Å²) in [5, 5.41) is 3.78. The number of nitrogens with zero attached hydrogens (tertiary/aromatic N) is 1. The van der Waals surface area contributed by atoms with E-state index in [0.29, 0.717) is 0 Å². The minimum Gasteiger partial charge on any atom is -0.313 e. The highest BCUT2D eigenvalue weighted by atomic mass is 15.2. The first-order valence-corrected chi connectivity index (χ1v) is 8.82. The lowest BCUT2D eigenvalue weighted by atomic mass is 9.91. The van der Waals surface area contributed by atoms with Crippen LogP contribution in [0.5, 0.6) is 0 Å². The van der Waals surface area contributed by atoms with Crippen LogP contribution >= 0.6 is 0 Å². The molecule has 0 spiro atoms. The van der Waals surface area contributed by atoms with Crippen molar-refractivity contribution in [3.63, 3.8) is 0 Å². The fourth-order valence-corrected chi connectivity index (χ4v) is 4.21. The smallest absolute Gasteiger partial charge is 0.0249 e. The molecule has 1 aliphatic heterocycles. The van der Waals surface area contributed by atoms with E-state index in [1.165, 1.54) is 70.9 Å². The molecule has 1 saturated carbocycles. The Morgan fingerprint density at radius 1 is 1.00 bits per heavy atom. The van der Waals surface area contributed by atoms with Gasteiger partial charge in [0, 0.05) is 18.6 Å². The molecular weight excluding hydrogens is 232 g/mol. The van der Waals surface area contributed by atoms with E-state index in [9.17, 15) is 0 Å². The topological polar surface area (TPSA) is 15.3 Å². The van der Waals surface area contributed by atoms with Gasteiger partial charge in [-0.2, -0.15) is 0 Å². The molecule has 2 aliphatic rings. The van der Waals surface area contributed by atoms with Gasteiger partial charge in [0.05, 0.1) is 0 Å². The van der Waals surface area contributed by atoms with E-state index >= 15 is 0 Å².